The van der Waals surface area contributed by atoms with Crippen LogP contribution in [-0.2, 0) is 0 Å². The van der Waals surface area contributed by atoms with E-state index < -0.39 is 0 Å². The first-order valence-electron chi connectivity index (χ1n) is 11.5. The van der Waals surface area contributed by atoms with Crippen molar-refractivity contribution in [2.75, 3.05) is 12.4 Å². The number of anilines is 1. The third-order valence-corrected chi connectivity index (χ3v) is 7.58. The molecule has 2 N–H and O–H groups in total. The predicted octanol–water partition coefficient (Wildman–Crippen LogP) is 6.13. The number of amides is 1. The summed E-state index contributed by atoms with van der Waals surface area (Å²) in [6.07, 6.45) is 6.41. The van der Waals surface area contributed by atoms with Gasteiger partial charge in [0.1, 0.15) is 16.4 Å². The van der Waals surface area contributed by atoms with Crippen LogP contribution in [-0.4, -0.2) is 33.6 Å². The third-order valence-electron chi connectivity index (χ3n) is 6.44. The highest BCUT2D eigenvalue weighted by Crippen LogP contribution is 2.44. The zero-order chi connectivity index (χ0) is 23.7. The first-order valence-corrected chi connectivity index (χ1v) is 12.3. The Morgan fingerprint density at radius 1 is 1.12 bits per heavy atom. The van der Waals surface area contributed by atoms with Gasteiger partial charge >= 0.3 is 0 Å². The smallest absolute Gasteiger partial charge is 0.272 e. The quantitative estimate of drug-likeness (QED) is 0.346. The van der Waals surface area contributed by atoms with Crippen LogP contribution in [0.3, 0.4) is 0 Å². The molecule has 0 aliphatic heterocycles. The topological polar surface area (TPSA) is 102 Å². The monoisotopic (exact) mass is 477 g/mol. The normalized spacial score (nSPS) is 14.3. The second kappa shape index (κ2) is 9.42. The zero-order valence-electron chi connectivity index (χ0n) is 19.5. The predicted molar refractivity (Wildman–Crippen MR) is 132 cm³/mol. The van der Waals surface area contributed by atoms with Gasteiger partial charge in [0, 0.05) is 10.1 Å². The molecule has 0 radical (unpaired) electrons. The Morgan fingerprint density at radius 3 is 2.65 bits per heavy atom. The number of tetrazole rings is 1. The van der Waals surface area contributed by atoms with Crippen LogP contribution in [0, 0.1) is 13.8 Å². The van der Waals surface area contributed by atoms with E-state index in [1.165, 1.54) is 54.6 Å². The van der Waals surface area contributed by atoms with Gasteiger partial charge < -0.3 is 9.47 Å². The molecule has 1 aliphatic carbocycles. The summed E-state index contributed by atoms with van der Waals surface area (Å²) in [5, 5.41) is 17.0. The summed E-state index contributed by atoms with van der Waals surface area (Å²) < 4.78 is 12.9. The molecule has 0 saturated heterocycles. The van der Waals surface area contributed by atoms with Crippen molar-refractivity contribution in [3.05, 3.63) is 51.9 Å². The fraction of sp³-hybridized carbons (Fsp3) is 0.360. The highest BCUT2D eigenvalue weighted by Gasteiger charge is 2.24. The SMILES string of the molecule is COc1cc2c(Oc3ccc(C4CCCCC4)c(C)c3)c(C(=O)Nc3nn[nH]n3)sc2cc1C. The van der Waals surface area contributed by atoms with Crippen LogP contribution in [0.2, 0.25) is 0 Å². The average Bonchev–Trinajstić information content (AvgIpc) is 3.47. The van der Waals surface area contributed by atoms with Crippen LogP contribution in [0.4, 0.5) is 5.95 Å². The summed E-state index contributed by atoms with van der Waals surface area (Å²) >= 11 is 1.36. The number of carbonyl (C=O) groups is 1. The number of nitrogens with one attached hydrogen (secondary N) is 2. The Hall–Kier alpha value is -3.46. The fourth-order valence-corrected chi connectivity index (χ4v) is 5.85. The Bertz CT molecular complexity index is 1330. The minimum absolute atomic E-state index is 0.106. The van der Waals surface area contributed by atoms with Crippen LogP contribution in [0.25, 0.3) is 10.1 Å². The number of fused-ring (bicyclic) bond motifs is 1. The summed E-state index contributed by atoms with van der Waals surface area (Å²) in [5.41, 5.74) is 3.60. The van der Waals surface area contributed by atoms with E-state index >= 15 is 0 Å². The van der Waals surface area contributed by atoms with Crippen molar-refractivity contribution in [1.29, 1.82) is 0 Å². The number of ether oxygens (including phenoxy) is 2. The zero-order valence-corrected chi connectivity index (χ0v) is 20.3. The molecule has 0 atom stereocenters. The molecular weight excluding hydrogens is 450 g/mol. The first-order chi connectivity index (χ1) is 16.5. The lowest BCUT2D eigenvalue weighted by Gasteiger charge is -2.24. The summed E-state index contributed by atoms with van der Waals surface area (Å²) in [6.45, 7) is 4.11. The minimum Gasteiger partial charge on any atom is -0.496 e. The van der Waals surface area contributed by atoms with Crippen LogP contribution in [0.5, 0.6) is 17.2 Å². The van der Waals surface area contributed by atoms with Crippen molar-refractivity contribution in [2.45, 2.75) is 51.9 Å². The first kappa shape index (κ1) is 22.3. The van der Waals surface area contributed by atoms with E-state index in [4.69, 9.17) is 9.47 Å². The highest BCUT2D eigenvalue weighted by molar-refractivity contribution is 7.21. The van der Waals surface area contributed by atoms with Gasteiger partial charge in [-0.05, 0) is 78.8 Å². The molecule has 9 heteroatoms. The molecule has 2 aromatic carbocycles. The molecule has 34 heavy (non-hydrogen) atoms. The molecule has 8 nitrogen and oxygen atoms in total. The van der Waals surface area contributed by atoms with Crippen LogP contribution in [0.15, 0.2) is 30.3 Å². The van der Waals surface area contributed by atoms with Gasteiger partial charge in [-0.15, -0.1) is 16.4 Å². The fourth-order valence-electron chi connectivity index (χ4n) is 4.75. The number of H-pyrrole nitrogens is 1. The number of thiophene rings is 1. The Kier molecular flexibility index (Phi) is 6.19. The maximum absolute atomic E-state index is 13.1. The van der Waals surface area contributed by atoms with Gasteiger partial charge in [0.2, 0.25) is 0 Å². The van der Waals surface area contributed by atoms with Crippen LogP contribution < -0.4 is 14.8 Å². The largest absolute Gasteiger partial charge is 0.496 e. The third kappa shape index (κ3) is 4.35. The molecule has 1 fully saturated rings. The summed E-state index contributed by atoms with van der Waals surface area (Å²) in [7, 11) is 1.64. The van der Waals surface area contributed by atoms with Crippen LogP contribution in [0.1, 0.15) is 64.4 Å². The van der Waals surface area contributed by atoms with Gasteiger partial charge in [0.25, 0.3) is 11.9 Å². The Labute approximate surface area is 201 Å². The van der Waals surface area contributed by atoms with Crippen molar-refractivity contribution in [3.63, 3.8) is 0 Å². The van der Waals surface area contributed by atoms with Gasteiger partial charge in [0.15, 0.2) is 5.75 Å². The molecule has 1 saturated carbocycles. The van der Waals surface area contributed by atoms with Crippen LogP contribution >= 0.6 is 11.3 Å². The number of aryl methyl sites for hydroxylation is 2. The molecule has 1 amide bonds. The minimum atomic E-state index is -0.357. The molecule has 0 bridgehead atoms. The van der Waals surface area contributed by atoms with Gasteiger partial charge in [-0.2, -0.15) is 5.21 Å². The standard InChI is InChI=1S/C25H27N5O3S/c1-14-11-17(9-10-18(14)16-7-5-4-6-8-16)33-22-19-13-20(32-3)15(2)12-21(19)34-23(22)24(31)26-25-27-29-30-28-25/h9-13,16H,4-8H2,1-3H3,(H2,26,27,28,29,30,31). The molecule has 2 heterocycles. The molecule has 0 unspecified atom stereocenters. The van der Waals surface area contributed by atoms with E-state index in [-0.39, 0.29) is 11.9 Å². The van der Waals surface area contributed by atoms with Crippen molar-refractivity contribution in [2.24, 2.45) is 0 Å². The van der Waals surface area contributed by atoms with Crippen molar-refractivity contribution >= 4 is 33.3 Å². The summed E-state index contributed by atoms with van der Waals surface area (Å²) in [4.78, 5) is 13.6. The van der Waals surface area contributed by atoms with Gasteiger partial charge in [-0.3, -0.25) is 10.1 Å². The molecule has 176 valence electrons. The number of carbonyl (C=O) groups excluding carboxylic acids is 1. The molecule has 1 aliphatic rings. The number of aromatic amines is 1. The summed E-state index contributed by atoms with van der Waals surface area (Å²) in [6, 6.07) is 10.2. The second-order valence-electron chi connectivity index (χ2n) is 8.72. The number of aromatic nitrogens is 4. The van der Waals surface area contributed by atoms with E-state index in [2.05, 4.69) is 45.0 Å². The number of benzene rings is 2. The number of nitrogens with zero attached hydrogens (tertiary/aromatic N) is 3. The van der Waals surface area contributed by atoms with E-state index in [0.717, 1.165) is 21.4 Å². The van der Waals surface area contributed by atoms with Crippen molar-refractivity contribution in [3.8, 4) is 17.2 Å². The Morgan fingerprint density at radius 2 is 1.94 bits per heavy atom. The number of rotatable bonds is 6. The van der Waals surface area contributed by atoms with E-state index in [1.807, 2.05) is 25.1 Å². The maximum atomic E-state index is 13.1. The molecular formula is C25H27N5O3S. The molecule has 4 aromatic rings. The molecule has 5 rings (SSSR count). The van der Waals surface area contributed by atoms with Gasteiger partial charge in [-0.25, -0.2) is 0 Å². The maximum Gasteiger partial charge on any atom is 0.272 e. The lowest BCUT2D eigenvalue weighted by atomic mass is 9.82. The van der Waals surface area contributed by atoms with E-state index in [1.54, 1.807) is 7.11 Å². The summed E-state index contributed by atoms with van der Waals surface area (Å²) in [5.74, 6) is 2.30. The van der Waals surface area contributed by atoms with Gasteiger partial charge in [-0.1, -0.05) is 30.4 Å². The number of methoxy groups -OCH3 is 1. The van der Waals surface area contributed by atoms with E-state index in [9.17, 15) is 4.79 Å². The van der Waals surface area contributed by atoms with Crippen molar-refractivity contribution < 1.29 is 14.3 Å². The highest BCUT2D eigenvalue weighted by atomic mass is 32.1. The van der Waals surface area contributed by atoms with E-state index in [0.29, 0.717) is 22.3 Å². The average molecular weight is 478 g/mol. The Balaban J connectivity index is 1.53. The number of hydrogen-bond donors (Lipinski definition) is 2. The lowest BCUT2D eigenvalue weighted by Crippen LogP contribution is -2.12. The van der Waals surface area contributed by atoms with Crippen molar-refractivity contribution in [1.82, 2.24) is 20.6 Å². The molecule has 2 aromatic heterocycles. The molecule has 0 spiro atoms. The number of hydrogen-bond acceptors (Lipinski definition) is 7. The second-order valence-corrected chi connectivity index (χ2v) is 9.78. The lowest BCUT2D eigenvalue weighted by molar-refractivity contribution is 0.102. The van der Waals surface area contributed by atoms with Gasteiger partial charge in [0.05, 0.1) is 7.11 Å².